The molecule has 0 saturated carbocycles. The van der Waals surface area contributed by atoms with Gasteiger partial charge in [-0.05, 0) is 43.9 Å². The van der Waals surface area contributed by atoms with Gasteiger partial charge in [-0.15, -0.1) is 0 Å². The van der Waals surface area contributed by atoms with E-state index in [1.807, 2.05) is 36.1 Å². The van der Waals surface area contributed by atoms with Gasteiger partial charge >= 0.3 is 6.03 Å². The van der Waals surface area contributed by atoms with Crippen molar-refractivity contribution in [3.8, 4) is 5.75 Å². The lowest BCUT2D eigenvalue weighted by atomic mass is 10.1. The van der Waals surface area contributed by atoms with Crippen molar-refractivity contribution in [1.29, 1.82) is 0 Å². The number of amides is 2. The number of hydrogen-bond donors (Lipinski definition) is 1. The fraction of sp³-hybridized carbons (Fsp3) is 0.611. The van der Waals surface area contributed by atoms with Crippen LogP contribution in [-0.4, -0.2) is 43.3 Å². The lowest BCUT2D eigenvalue weighted by Crippen LogP contribution is -2.47. The summed E-state index contributed by atoms with van der Waals surface area (Å²) in [5.41, 5.74) is 1.07. The van der Waals surface area contributed by atoms with Crippen molar-refractivity contribution in [2.24, 2.45) is 0 Å². The maximum Gasteiger partial charge on any atom is 0.317 e. The molecule has 0 radical (unpaired) electrons. The van der Waals surface area contributed by atoms with E-state index in [2.05, 4.69) is 12.2 Å². The van der Waals surface area contributed by atoms with Gasteiger partial charge < -0.3 is 19.7 Å². The minimum Gasteiger partial charge on any atom is -0.494 e. The molecule has 0 aliphatic carbocycles. The standard InChI is InChI=1S/C18H28N2O3/c1-3-12-23-16-9-7-15(8-10-16)13-19-18(21)20-11-5-6-17(14-20)22-4-2/h7-10,17H,3-6,11-14H2,1-2H3,(H,19,21). The summed E-state index contributed by atoms with van der Waals surface area (Å²) >= 11 is 0. The van der Waals surface area contributed by atoms with E-state index >= 15 is 0 Å². The highest BCUT2D eigenvalue weighted by molar-refractivity contribution is 5.74. The van der Waals surface area contributed by atoms with Crippen LogP contribution in [0.5, 0.6) is 5.75 Å². The van der Waals surface area contributed by atoms with E-state index in [-0.39, 0.29) is 12.1 Å². The fourth-order valence-electron chi connectivity index (χ4n) is 2.71. The van der Waals surface area contributed by atoms with E-state index < -0.39 is 0 Å². The zero-order valence-electron chi connectivity index (χ0n) is 14.2. The van der Waals surface area contributed by atoms with Gasteiger partial charge in [0.1, 0.15) is 5.75 Å². The number of rotatable bonds is 7. The molecule has 0 aromatic heterocycles. The zero-order valence-corrected chi connectivity index (χ0v) is 14.2. The SMILES string of the molecule is CCCOc1ccc(CNC(=O)N2CCCC(OCC)C2)cc1. The van der Waals surface area contributed by atoms with Crippen molar-refractivity contribution in [2.45, 2.75) is 45.8 Å². The summed E-state index contributed by atoms with van der Waals surface area (Å²) < 4.78 is 11.2. The Hall–Kier alpha value is -1.75. The quantitative estimate of drug-likeness (QED) is 0.839. The Balaban J connectivity index is 1.77. The van der Waals surface area contributed by atoms with Crippen LogP contribution in [0.1, 0.15) is 38.7 Å². The van der Waals surface area contributed by atoms with Crippen LogP contribution in [0.3, 0.4) is 0 Å². The Morgan fingerprint density at radius 3 is 2.78 bits per heavy atom. The molecule has 5 nitrogen and oxygen atoms in total. The summed E-state index contributed by atoms with van der Waals surface area (Å²) in [6.07, 6.45) is 3.21. The van der Waals surface area contributed by atoms with Gasteiger partial charge in [-0.2, -0.15) is 0 Å². The topological polar surface area (TPSA) is 50.8 Å². The molecule has 1 N–H and O–H groups in total. The first-order valence-electron chi connectivity index (χ1n) is 8.59. The molecule has 1 heterocycles. The van der Waals surface area contributed by atoms with Crippen molar-refractivity contribution >= 4 is 6.03 Å². The molecule has 1 fully saturated rings. The third-order valence-corrected chi connectivity index (χ3v) is 3.91. The lowest BCUT2D eigenvalue weighted by Gasteiger charge is -2.32. The Kier molecular flexibility index (Phi) is 7.20. The van der Waals surface area contributed by atoms with Gasteiger partial charge in [0.25, 0.3) is 0 Å². The minimum absolute atomic E-state index is 0.0132. The van der Waals surface area contributed by atoms with Gasteiger partial charge in [0.15, 0.2) is 0 Å². The van der Waals surface area contributed by atoms with E-state index in [9.17, 15) is 4.79 Å². The van der Waals surface area contributed by atoms with Gasteiger partial charge in [-0.1, -0.05) is 19.1 Å². The van der Waals surface area contributed by atoms with Crippen LogP contribution >= 0.6 is 0 Å². The van der Waals surface area contributed by atoms with Crippen LogP contribution in [0.25, 0.3) is 0 Å². The van der Waals surface area contributed by atoms with Crippen LogP contribution in [-0.2, 0) is 11.3 Å². The fourth-order valence-corrected chi connectivity index (χ4v) is 2.71. The van der Waals surface area contributed by atoms with Crippen molar-refractivity contribution in [3.05, 3.63) is 29.8 Å². The smallest absolute Gasteiger partial charge is 0.317 e. The predicted molar refractivity (Wildman–Crippen MR) is 90.7 cm³/mol. The number of urea groups is 1. The van der Waals surface area contributed by atoms with Crippen LogP contribution in [0.15, 0.2) is 24.3 Å². The molecule has 1 aliphatic heterocycles. The molecule has 2 amide bonds. The molecule has 2 rings (SSSR count). The summed E-state index contributed by atoms with van der Waals surface area (Å²) in [5.74, 6) is 0.873. The number of benzene rings is 1. The van der Waals surface area contributed by atoms with Gasteiger partial charge in [0, 0.05) is 26.2 Å². The highest BCUT2D eigenvalue weighted by Crippen LogP contribution is 2.14. The summed E-state index contributed by atoms with van der Waals surface area (Å²) in [7, 11) is 0. The predicted octanol–water partition coefficient (Wildman–Crippen LogP) is 3.19. The molecule has 1 aromatic rings. The van der Waals surface area contributed by atoms with E-state index in [1.165, 1.54) is 0 Å². The number of hydrogen-bond acceptors (Lipinski definition) is 3. The molecular weight excluding hydrogens is 292 g/mol. The third-order valence-electron chi connectivity index (χ3n) is 3.91. The first-order chi connectivity index (χ1) is 11.2. The third kappa shape index (κ3) is 5.75. The van der Waals surface area contributed by atoms with E-state index in [0.717, 1.165) is 43.7 Å². The Labute approximate surface area is 139 Å². The van der Waals surface area contributed by atoms with Crippen LogP contribution < -0.4 is 10.1 Å². The summed E-state index contributed by atoms with van der Waals surface area (Å²) in [5, 5.41) is 2.98. The van der Waals surface area contributed by atoms with Gasteiger partial charge in [-0.25, -0.2) is 4.79 Å². The number of likely N-dealkylation sites (tertiary alicyclic amines) is 1. The number of nitrogens with zero attached hydrogens (tertiary/aromatic N) is 1. The van der Waals surface area contributed by atoms with Crippen molar-refractivity contribution < 1.29 is 14.3 Å². The van der Waals surface area contributed by atoms with Gasteiger partial charge in [-0.3, -0.25) is 0 Å². The van der Waals surface area contributed by atoms with E-state index in [4.69, 9.17) is 9.47 Å². The van der Waals surface area contributed by atoms with Crippen molar-refractivity contribution in [1.82, 2.24) is 10.2 Å². The van der Waals surface area contributed by atoms with Gasteiger partial charge in [0.2, 0.25) is 0 Å². The first kappa shape index (κ1) is 17.6. The second-order valence-corrected chi connectivity index (χ2v) is 5.82. The summed E-state index contributed by atoms with van der Waals surface area (Å²) in [6, 6.07) is 7.86. The van der Waals surface area contributed by atoms with E-state index in [1.54, 1.807) is 0 Å². The van der Waals surface area contributed by atoms with Gasteiger partial charge in [0.05, 0.1) is 12.7 Å². The molecule has 0 bridgehead atoms. The van der Waals surface area contributed by atoms with Crippen molar-refractivity contribution in [2.75, 3.05) is 26.3 Å². The molecule has 0 spiro atoms. The molecule has 1 saturated heterocycles. The average molecular weight is 320 g/mol. The Morgan fingerprint density at radius 2 is 2.09 bits per heavy atom. The van der Waals surface area contributed by atoms with E-state index in [0.29, 0.717) is 19.7 Å². The van der Waals surface area contributed by atoms with Crippen molar-refractivity contribution in [3.63, 3.8) is 0 Å². The van der Waals surface area contributed by atoms with Crippen LogP contribution in [0, 0.1) is 0 Å². The minimum atomic E-state index is -0.0132. The Bertz CT molecular complexity index is 474. The molecule has 5 heteroatoms. The number of carbonyl (C=O) groups excluding carboxylic acids is 1. The lowest BCUT2D eigenvalue weighted by molar-refractivity contribution is 0.0164. The monoisotopic (exact) mass is 320 g/mol. The number of nitrogens with one attached hydrogen (secondary N) is 1. The molecule has 1 aromatic carbocycles. The highest BCUT2D eigenvalue weighted by Gasteiger charge is 2.23. The second kappa shape index (κ2) is 9.40. The second-order valence-electron chi connectivity index (χ2n) is 5.82. The number of ether oxygens (including phenoxy) is 2. The molecule has 23 heavy (non-hydrogen) atoms. The molecule has 1 unspecified atom stereocenters. The van der Waals surface area contributed by atoms with Crippen LogP contribution in [0.4, 0.5) is 4.79 Å². The number of carbonyl (C=O) groups is 1. The van der Waals surface area contributed by atoms with Crippen LogP contribution in [0.2, 0.25) is 0 Å². The summed E-state index contributed by atoms with van der Waals surface area (Å²) in [6.45, 7) is 7.53. The Morgan fingerprint density at radius 1 is 1.30 bits per heavy atom. The molecule has 1 atom stereocenters. The number of piperidine rings is 1. The normalized spacial score (nSPS) is 17.8. The first-order valence-corrected chi connectivity index (χ1v) is 8.59. The molecular formula is C18H28N2O3. The highest BCUT2D eigenvalue weighted by atomic mass is 16.5. The molecule has 1 aliphatic rings. The summed E-state index contributed by atoms with van der Waals surface area (Å²) in [4.78, 5) is 14.1. The zero-order chi connectivity index (χ0) is 16.5. The molecule has 128 valence electrons. The maximum absolute atomic E-state index is 12.3. The largest absolute Gasteiger partial charge is 0.494 e. The maximum atomic E-state index is 12.3. The average Bonchev–Trinajstić information content (AvgIpc) is 2.59.